The van der Waals surface area contributed by atoms with Crippen molar-refractivity contribution < 1.29 is 9.32 Å². The van der Waals surface area contributed by atoms with Gasteiger partial charge in [-0.25, -0.2) is 0 Å². The molecule has 9 heavy (non-hydrogen) atoms. The Morgan fingerprint density at radius 1 is 1.89 bits per heavy atom. The van der Waals surface area contributed by atoms with E-state index in [0.29, 0.717) is 0 Å². The quantitative estimate of drug-likeness (QED) is 0.566. The molecule has 0 fully saturated rings. The highest BCUT2D eigenvalue weighted by atomic mass is 35.5. The second-order valence-corrected chi connectivity index (χ2v) is 1.37. The monoisotopic (exact) mass is 147 g/mol. The van der Waals surface area contributed by atoms with Crippen LogP contribution in [-0.4, -0.2) is 16.0 Å². The number of halogens is 1. The van der Waals surface area contributed by atoms with E-state index in [2.05, 4.69) is 14.7 Å². The van der Waals surface area contributed by atoms with Gasteiger partial charge >= 0.3 is 5.91 Å². The zero-order valence-electron chi connectivity index (χ0n) is 4.17. The number of hydrogen-bond donors (Lipinski definition) is 1. The number of hydrogen-bond acceptors (Lipinski definition) is 4. The van der Waals surface area contributed by atoms with Crippen molar-refractivity contribution in [3.63, 3.8) is 0 Å². The smallest absolute Gasteiger partial charge is 0.306 e. The van der Waals surface area contributed by atoms with E-state index in [1.807, 2.05) is 4.84 Å². The molecule has 0 aromatic carbocycles. The molecule has 1 amide bonds. The van der Waals surface area contributed by atoms with Crippen molar-refractivity contribution >= 4 is 17.7 Å². The minimum Gasteiger partial charge on any atom is -0.342 e. The van der Waals surface area contributed by atoms with Crippen molar-refractivity contribution in [1.29, 1.82) is 0 Å². The lowest BCUT2D eigenvalue weighted by Crippen LogP contribution is -2.13. The minimum atomic E-state index is -0.578. The zero-order chi connectivity index (χ0) is 6.69. The van der Waals surface area contributed by atoms with Gasteiger partial charge in [0, 0.05) is 11.8 Å². The van der Waals surface area contributed by atoms with Crippen LogP contribution >= 0.6 is 11.8 Å². The summed E-state index contributed by atoms with van der Waals surface area (Å²) in [4.78, 5) is 15.7. The molecule has 0 aliphatic heterocycles. The van der Waals surface area contributed by atoms with Gasteiger partial charge in [-0.05, 0) is 0 Å². The topological polar surface area (TPSA) is 68.0 Å². The number of nitrogens with zero attached hydrogens (tertiary/aromatic N) is 2. The van der Waals surface area contributed by atoms with E-state index in [-0.39, 0.29) is 5.82 Å². The van der Waals surface area contributed by atoms with Crippen LogP contribution in [0.25, 0.3) is 0 Å². The van der Waals surface area contributed by atoms with Gasteiger partial charge in [-0.3, -0.25) is 9.63 Å². The summed E-state index contributed by atoms with van der Waals surface area (Å²) in [5, 5.41) is 3.20. The van der Waals surface area contributed by atoms with E-state index in [1.165, 1.54) is 0 Å². The summed E-state index contributed by atoms with van der Waals surface area (Å²) in [5.74, 6) is -0.657. The maximum absolute atomic E-state index is 10.4. The van der Waals surface area contributed by atoms with Crippen molar-refractivity contribution in [2.24, 2.45) is 0 Å². The molecule has 0 aliphatic carbocycles. The Kier molecular flexibility index (Phi) is 1.64. The molecule has 1 N–H and O–H groups in total. The first-order valence-corrected chi connectivity index (χ1v) is 2.39. The van der Waals surface area contributed by atoms with Crippen LogP contribution in [0.3, 0.4) is 0 Å². The van der Waals surface area contributed by atoms with Gasteiger partial charge in [-0.15, -0.1) is 0 Å². The minimum absolute atomic E-state index is 0.0787. The SMILES string of the molecule is O=C(NCl)c1ncon1. The fourth-order valence-electron chi connectivity index (χ4n) is 0.313. The van der Waals surface area contributed by atoms with Crippen LogP contribution in [0.4, 0.5) is 0 Å². The predicted octanol–water partition coefficient (Wildman–Crippen LogP) is -0.0468. The fraction of sp³-hybridized carbons (Fsp3) is 0. The molecular formula is C3H2ClN3O2. The van der Waals surface area contributed by atoms with E-state index < -0.39 is 5.91 Å². The van der Waals surface area contributed by atoms with Gasteiger partial charge in [0.15, 0.2) is 0 Å². The lowest BCUT2D eigenvalue weighted by Gasteiger charge is -1.83. The predicted molar refractivity (Wildman–Crippen MR) is 27.6 cm³/mol. The maximum atomic E-state index is 10.4. The van der Waals surface area contributed by atoms with Gasteiger partial charge in [-0.1, -0.05) is 5.16 Å². The van der Waals surface area contributed by atoms with Crippen LogP contribution < -0.4 is 4.84 Å². The van der Waals surface area contributed by atoms with Crippen LogP contribution in [0.2, 0.25) is 0 Å². The third kappa shape index (κ3) is 1.17. The van der Waals surface area contributed by atoms with Crippen LogP contribution in [0.15, 0.2) is 10.9 Å². The highest BCUT2D eigenvalue weighted by Gasteiger charge is 2.07. The third-order valence-corrected chi connectivity index (χ3v) is 0.822. The number of rotatable bonds is 1. The number of nitrogens with one attached hydrogen (secondary N) is 1. The van der Waals surface area contributed by atoms with Crippen molar-refractivity contribution in [3.05, 3.63) is 12.2 Å². The fourth-order valence-corrected chi connectivity index (χ4v) is 0.397. The standard InChI is InChI=1S/C3H2ClN3O2/c4-6-3(8)2-5-1-9-7-2/h1H,(H,6,8). The summed E-state index contributed by atoms with van der Waals surface area (Å²) in [6.07, 6.45) is 1.04. The molecule has 0 aliphatic rings. The molecule has 0 saturated carbocycles. The van der Waals surface area contributed by atoms with E-state index in [0.717, 1.165) is 6.39 Å². The van der Waals surface area contributed by atoms with Gasteiger partial charge in [0.1, 0.15) is 0 Å². The Labute approximate surface area is 55.1 Å². The highest BCUT2D eigenvalue weighted by Crippen LogP contribution is 1.86. The first-order valence-electron chi connectivity index (χ1n) is 2.02. The Balaban J connectivity index is 2.77. The molecule has 1 aromatic heterocycles. The Hall–Kier alpha value is -1.10. The second kappa shape index (κ2) is 2.45. The van der Waals surface area contributed by atoms with Crippen LogP contribution in [0.1, 0.15) is 10.6 Å². The summed E-state index contributed by atoms with van der Waals surface area (Å²) in [5.41, 5.74) is 0. The lowest BCUT2D eigenvalue weighted by atomic mass is 10.6. The van der Waals surface area contributed by atoms with Crippen LogP contribution in [0, 0.1) is 0 Å². The molecule has 5 nitrogen and oxygen atoms in total. The third-order valence-electron chi connectivity index (χ3n) is 0.650. The molecule has 0 saturated heterocycles. The summed E-state index contributed by atoms with van der Waals surface area (Å²) >= 11 is 4.92. The summed E-state index contributed by atoms with van der Waals surface area (Å²) in [7, 11) is 0. The van der Waals surface area contributed by atoms with Crippen LogP contribution in [-0.2, 0) is 0 Å². The Morgan fingerprint density at radius 2 is 2.67 bits per heavy atom. The van der Waals surface area contributed by atoms with Gasteiger partial charge in [-0.2, -0.15) is 4.98 Å². The molecule has 6 heteroatoms. The summed E-state index contributed by atoms with van der Waals surface area (Å²) < 4.78 is 4.26. The second-order valence-electron chi connectivity index (χ2n) is 1.18. The average Bonchev–Trinajstić information content (AvgIpc) is 2.37. The van der Waals surface area contributed by atoms with E-state index in [1.54, 1.807) is 0 Å². The average molecular weight is 148 g/mol. The normalized spacial score (nSPS) is 9.00. The largest absolute Gasteiger partial charge is 0.342 e. The highest BCUT2D eigenvalue weighted by molar-refractivity contribution is 6.23. The Morgan fingerprint density at radius 3 is 3.11 bits per heavy atom. The summed E-state index contributed by atoms with van der Waals surface area (Å²) in [6, 6.07) is 0. The Bertz CT molecular complexity index is 197. The number of carbonyl (C=O) groups is 1. The maximum Gasteiger partial charge on any atom is 0.306 e. The molecule has 1 aromatic rings. The van der Waals surface area contributed by atoms with Gasteiger partial charge in [0.2, 0.25) is 6.39 Å². The number of aromatic nitrogens is 2. The molecule has 0 unspecified atom stereocenters. The van der Waals surface area contributed by atoms with E-state index in [9.17, 15) is 4.79 Å². The van der Waals surface area contributed by atoms with E-state index in [4.69, 9.17) is 11.8 Å². The summed E-state index contributed by atoms with van der Waals surface area (Å²) in [6.45, 7) is 0. The first kappa shape index (κ1) is 6.03. The molecule has 1 heterocycles. The molecule has 1 rings (SSSR count). The number of amides is 1. The van der Waals surface area contributed by atoms with Gasteiger partial charge in [0.25, 0.3) is 5.82 Å². The van der Waals surface area contributed by atoms with Gasteiger partial charge < -0.3 is 4.52 Å². The lowest BCUT2D eigenvalue weighted by molar-refractivity contribution is 0.0969. The van der Waals surface area contributed by atoms with Crippen LogP contribution in [0.5, 0.6) is 0 Å². The number of carbonyl (C=O) groups excluding carboxylic acids is 1. The van der Waals surface area contributed by atoms with Crippen molar-refractivity contribution in [1.82, 2.24) is 15.0 Å². The van der Waals surface area contributed by atoms with Gasteiger partial charge in [0.05, 0.1) is 0 Å². The zero-order valence-corrected chi connectivity index (χ0v) is 4.92. The molecule has 0 atom stereocenters. The molecule has 48 valence electrons. The molecular weight excluding hydrogens is 146 g/mol. The molecule has 0 radical (unpaired) electrons. The van der Waals surface area contributed by atoms with Crippen molar-refractivity contribution in [2.75, 3.05) is 0 Å². The molecule has 0 bridgehead atoms. The first-order chi connectivity index (χ1) is 4.34. The van der Waals surface area contributed by atoms with Crippen molar-refractivity contribution in [2.45, 2.75) is 0 Å². The van der Waals surface area contributed by atoms with E-state index >= 15 is 0 Å². The molecule has 0 spiro atoms. The van der Waals surface area contributed by atoms with Crippen molar-refractivity contribution in [3.8, 4) is 0 Å².